The van der Waals surface area contributed by atoms with E-state index in [-0.39, 0.29) is 0 Å². The first-order valence-electron chi connectivity index (χ1n) is 3.28. The summed E-state index contributed by atoms with van der Waals surface area (Å²) in [5, 5.41) is 0. The van der Waals surface area contributed by atoms with Gasteiger partial charge in [0.2, 0.25) is 6.10 Å². The number of esters is 1. The second-order valence-corrected chi connectivity index (χ2v) is 2.55. The fourth-order valence-electron chi connectivity index (χ4n) is 0.903. The minimum atomic E-state index is -1.14. The van der Waals surface area contributed by atoms with Crippen LogP contribution in [0, 0.1) is 5.92 Å². The lowest BCUT2D eigenvalue weighted by molar-refractivity contribution is -0.149. The Bertz CT molecular complexity index is 231. The Kier molecular flexibility index (Phi) is 1.76. The van der Waals surface area contributed by atoms with E-state index in [2.05, 4.69) is 4.74 Å². The van der Waals surface area contributed by atoms with Crippen molar-refractivity contribution in [1.29, 1.82) is 0 Å². The van der Waals surface area contributed by atoms with Gasteiger partial charge >= 0.3 is 5.97 Å². The molecule has 0 saturated carbocycles. The van der Waals surface area contributed by atoms with Gasteiger partial charge in [0.25, 0.3) is 0 Å². The van der Waals surface area contributed by atoms with E-state index < -0.39 is 29.6 Å². The van der Waals surface area contributed by atoms with Gasteiger partial charge in [0.1, 0.15) is 5.92 Å². The maximum atomic E-state index is 11.0. The average Bonchev–Trinajstić information content (AvgIpc) is 2.17. The highest BCUT2D eigenvalue weighted by Crippen LogP contribution is 2.16. The Morgan fingerprint density at radius 2 is 2.00 bits per heavy atom. The molecule has 4 nitrogen and oxygen atoms in total. The average molecular weight is 156 g/mol. The summed E-state index contributed by atoms with van der Waals surface area (Å²) in [6.45, 7) is 2.67. The molecule has 2 unspecified atom stereocenters. The smallest absolute Gasteiger partial charge is 0.317 e. The molecule has 0 spiro atoms. The van der Waals surface area contributed by atoms with Crippen LogP contribution in [-0.2, 0) is 19.1 Å². The predicted octanol–water partition coefficient (Wildman–Crippen LogP) is -0.294. The maximum absolute atomic E-state index is 11.0. The summed E-state index contributed by atoms with van der Waals surface area (Å²) in [7, 11) is 0. The first-order chi connectivity index (χ1) is 5.04. The van der Waals surface area contributed by atoms with Crippen molar-refractivity contribution in [2.75, 3.05) is 0 Å². The summed E-state index contributed by atoms with van der Waals surface area (Å²) in [4.78, 5) is 32.3. The maximum Gasteiger partial charge on any atom is 0.317 e. The van der Waals surface area contributed by atoms with Gasteiger partial charge in [-0.15, -0.1) is 0 Å². The van der Waals surface area contributed by atoms with Crippen LogP contribution >= 0.6 is 0 Å². The van der Waals surface area contributed by atoms with Crippen molar-refractivity contribution >= 4 is 17.5 Å². The van der Waals surface area contributed by atoms with Gasteiger partial charge in [-0.3, -0.25) is 14.4 Å². The zero-order valence-electron chi connectivity index (χ0n) is 6.29. The molecule has 0 aliphatic carbocycles. The lowest BCUT2D eigenvalue weighted by Gasteiger charge is -1.99. The van der Waals surface area contributed by atoms with Gasteiger partial charge in [-0.25, -0.2) is 0 Å². The highest BCUT2D eigenvalue weighted by molar-refractivity contribution is 6.16. The molecule has 0 bridgehead atoms. The van der Waals surface area contributed by atoms with Gasteiger partial charge in [0.15, 0.2) is 11.6 Å². The van der Waals surface area contributed by atoms with E-state index in [4.69, 9.17) is 0 Å². The van der Waals surface area contributed by atoms with E-state index in [0.717, 1.165) is 0 Å². The highest BCUT2D eigenvalue weighted by atomic mass is 16.6. The molecule has 0 aromatic heterocycles. The molecule has 1 fully saturated rings. The second-order valence-electron chi connectivity index (χ2n) is 2.55. The van der Waals surface area contributed by atoms with Crippen molar-refractivity contribution in [2.45, 2.75) is 20.0 Å². The summed E-state index contributed by atoms with van der Waals surface area (Å²) in [6.07, 6.45) is -1.14. The Hall–Kier alpha value is -1.19. The van der Waals surface area contributed by atoms with Gasteiger partial charge in [-0.05, 0) is 13.8 Å². The lowest BCUT2D eigenvalue weighted by Crippen LogP contribution is -2.25. The molecule has 1 rings (SSSR count). The van der Waals surface area contributed by atoms with E-state index in [1.165, 1.54) is 13.8 Å². The third-order valence-corrected chi connectivity index (χ3v) is 1.64. The van der Waals surface area contributed by atoms with Gasteiger partial charge in [-0.1, -0.05) is 0 Å². The van der Waals surface area contributed by atoms with Crippen molar-refractivity contribution in [3.05, 3.63) is 0 Å². The number of ether oxygens (including phenoxy) is 1. The Morgan fingerprint density at radius 3 is 2.18 bits per heavy atom. The van der Waals surface area contributed by atoms with Gasteiger partial charge in [0.05, 0.1) is 0 Å². The summed E-state index contributed by atoms with van der Waals surface area (Å²) in [6, 6.07) is 0. The van der Waals surface area contributed by atoms with Gasteiger partial charge in [-0.2, -0.15) is 0 Å². The van der Waals surface area contributed by atoms with Crippen LogP contribution in [0.5, 0.6) is 0 Å². The molecule has 1 saturated heterocycles. The monoisotopic (exact) mass is 156 g/mol. The molecule has 4 heteroatoms. The summed E-state index contributed by atoms with van der Waals surface area (Å²) in [5.41, 5.74) is 0. The quantitative estimate of drug-likeness (QED) is 0.386. The fourth-order valence-corrected chi connectivity index (χ4v) is 0.903. The number of cyclic esters (lactones) is 1. The highest BCUT2D eigenvalue weighted by Gasteiger charge is 2.42. The third kappa shape index (κ3) is 1.15. The van der Waals surface area contributed by atoms with Crippen LogP contribution in [-0.4, -0.2) is 23.6 Å². The molecule has 1 heterocycles. The summed E-state index contributed by atoms with van der Waals surface area (Å²) >= 11 is 0. The molecule has 0 N–H and O–H groups in total. The summed E-state index contributed by atoms with van der Waals surface area (Å²) in [5.74, 6) is -2.21. The van der Waals surface area contributed by atoms with Gasteiger partial charge < -0.3 is 4.74 Å². The Labute approximate surface area is 63.5 Å². The first kappa shape index (κ1) is 7.91. The van der Waals surface area contributed by atoms with Crippen molar-refractivity contribution in [3.8, 4) is 0 Å². The molecule has 0 amide bonds. The lowest BCUT2D eigenvalue weighted by atomic mass is 10.0. The number of carbonyl (C=O) groups excluding carboxylic acids is 3. The minimum Gasteiger partial charge on any atom is -0.446 e. The molecule has 1 aliphatic heterocycles. The number of carbonyl (C=O) groups is 3. The van der Waals surface area contributed by atoms with E-state index >= 15 is 0 Å². The molecular weight excluding hydrogens is 148 g/mol. The molecule has 2 atom stereocenters. The van der Waals surface area contributed by atoms with E-state index in [0.29, 0.717) is 0 Å². The largest absolute Gasteiger partial charge is 0.446 e. The van der Waals surface area contributed by atoms with Crippen molar-refractivity contribution < 1.29 is 19.1 Å². The molecule has 11 heavy (non-hydrogen) atoms. The number of hydrogen-bond donors (Lipinski definition) is 0. The van der Waals surface area contributed by atoms with Crippen LogP contribution in [0.25, 0.3) is 0 Å². The van der Waals surface area contributed by atoms with Crippen molar-refractivity contribution in [1.82, 2.24) is 0 Å². The van der Waals surface area contributed by atoms with Crippen LogP contribution in [0.3, 0.4) is 0 Å². The SMILES string of the molecule is CC(=O)C1OC(=O)C(C)C1=O. The predicted molar refractivity (Wildman–Crippen MR) is 34.7 cm³/mol. The van der Waals surface area contributed by atoms with Gasteiger partial charge in [0, 0.05) is 0 Å². The van der Waals surface area contributed by atoms with Crippen LogP contribution < -0.4 is 0 Å². The number of hydrogen-bond acceptors (Lipinski definition) is 4. The second kappa shape index (κ2) is 2.45. The van der Waals surface area contributed by atoms with Crippen molar-refractivity contribution in [3.63, 3.8) is 0 Å². The zero-order chi connectivity index (χ0) is 8.59. The normalized spacial score (nSPS) is 30.4. The van der Waals surface area contributed by atoms with Crippen LogP contribution in [0.4, 0.5) is 0 Å². The number of rotatable bonds is 1. The fraction of sp³-hybridized carbons (Fsp3) is 0.571. The standard InChI is InChI=1S/C7H8O4/c1-3-5(9)6(4(2)8)11-7(3)10/h3,6H,1-2H3. The molecule has 0 radical (unpaired) electrons. The molecule has 0 aromatic carbocycles. The topological polar surface area (TPSA) is 60.4 Å². The number of ketones is 2. The molecule has 1 aliphatic rings. The number of Topliss-reactive ketones (excluding diaryl/α,β-unsaturated/α-hetero) is 2. The molecular formula is C7H8O4. The Balaban J connectivity index is 2.83. The van der Waals surface area contributed by atoms with E-state index in [1.807, 2.05) is 0 Å². The minimum absolute atomic E-state index is 0.410. The zero-order valence-corrected chi connectivity index (χ0v) is 6.29. The van der Waals surface area contributed by atoms with E-state index in [9.17, 15) is 14.4 Å². The van der Waals surface area contributed by atoms with Crippen molar-refractivity contribution in [2.24, 2.45) is 5.92 Å². The summed E-state index contributed by atoms with van der Waals surface area (Å²) < 4.78 is 4.51. The van der Waals surface area contributed by atoms with Crippen LogP contribution in [0.1, 0.15) is 13.8 Å². The molecule has 0 aromatic rings. The van der Waals surface area contributed by atoms with Crippen LogP contribution in [0.15, 0.2) is 0 Å². The first-order valence-corrected chi connectivity index (χ1v) is 3.28. The third-order valence-electron chi connectivity index (χ3n) is 1.64. The van der Waals surface area contributed by atoms with E-state index in [1.54, 1.807) is 0 Å². The molecule has 60 valence electrons. The Morgan fingerprint density at radius 1 is 1.45 bits per heavy atom. The van der Waals surface area contributed by atoms with Crippen LogP contribution in [0.2, 0.25) is 0 Å².